The second kappa shape index (κ2) is 11.4. The van der Waals surface area contributed by atoms with Crippen molar-refractivity contribution in [1.82, 2.24) is 5.32 Å². The monoisotopic (exact) mass is 217 g/mol. The van der Waals surface area contributed by atoms with Crippen LogP contribution < -0.4 is 5.32 Å². The Kier molecular flexibility index (Phi) is 11.6. The molecule has 0 aliphatic rings. The van der Waals surface area contributed by atoms with E-state index in [-0.39, 0.29) is 0 Å². The lowest BCUT2D eigenvalue weighted by atomic mass is 9.99. The van der Waals surface area contributed by atoms with Gasteiger partial charge in [-0.25, -0.2) is 0 Å². The van der Waals surface area contributed by atoms with Gasteiger partial charge in [-0.15, -0.1) is 0 Å². The summed E-state index contributed by atoms with van der Waals surface area (Å²) in [4.78, 5) is 0. The smallest absolute Gasteiger partial charge is 0.00202 e. The zero-order valence-electron chi connectivity index (χ0n) is 9.89. The Morgan fingerprint density at radius 3 is 2.36 bits per heavy atom. The standard InChI is InChI=1S/C12H27NS/c1-3-5-7-12(8-10-14)11-13-9-6-4-2/h12-14H,3-11H2,1-2H3. The van der Waals surface area contributed by atoms with Crippen LogP contribution in [-0.2, 0) is 0 Å². The quantitative estimate of drug-likeness (QED) is 0.421. The summed E-state index contributed by atoms with van der Waals surface area (Å²) in [6.45, 7) is 6.89. The van der Waals surface area contributed by atoms with Crippen LogP contribution in [0.3, 0.4) is 0 Å². The van der Waals surface area contributed by atoms with Gasteiger partial charge >= 0.3 is 0 Å². The zero-order chi connectivity index (χ0) is 10.6. The molecule has 1 N–H and O–H groups in total. The average molecular weight is 217 g/mol. The summed E-state index contributed by atoms with van der Waals surface area (Å²) < 4.78 is 0. The second-order valence-corrected chi connectivity index (χ2v) is 4.53. The summed E-state index contributed by atoms with van der Waals surface area (Å²) in [7, 11) is 0. The van der Waals surface area contributed by atoms with Crippen LogP contribution in [0.25, 0.3) is 0 Å². The lowest BCUT2D eigenvalue weighted by Gasteiger charge is -2.16. The van der Waals surface area contributed by atoms with Gasteiger partial charge < -0.3 is 5.32 Å². The maximum atomic E-state index is 4.32. The van der Waals surface area contributed by atoms with E-state index in [0.29, 0.717) is 0 Å². The van der Waals surface area contributed by atoms with Crippen molar-refractivity contribution < 1.29 is 0 Å². The molecule has 0 fully saturated rings. The molecule has 0 aromatic rings. The lowest BCUT2D eigenvalue weighted by molar-refractivity contribution is 0.421. The summed E-state index contributed by atoms with van der Waals surface area (Å²) in [6.07, 6.45) is 7.92. The molecule has 0 aliphatic heterocycles. The van der Waals surface area contributed by atoms with Crippen LogP contribution in [0.2, 0.25) is 0 Å². The molecule has 1 unspecified atom stereocenters. The fourth-order valence-corrected chi connectivity index (χ4v) is 2.00. The molecule has 1 atom stereocenters. The van der Waals surface area contributed by atoms with Crippen LogP contribution in [0.4, 0.5) is 0 Å². The molecule has 0 heterocycles. The Morgan fingerprint density at radius 1 is 1.07 bits per heavy atom. The predicted octanol–water partition coefficient (Wildman–Crippen LogP) is 3.50. The number of hydrogen-bond donors (Lipinski definition) is 2. The largest absolute Gasteiger partial charge is 0.316 e. The molecule has 0 aromatic carbocycles. The van der Waals surface area contributed by atoms with E-state index < -0.39 is 0 Å². The highest BCUT2D eigenvalue weighted by Crippen LogP contribution is 2.12. The molecular formula is C12H27NS. The van der Waals surface area contributed by atoms with Crippen molar-refractivity contribution in [2.75, 3.05) is 18.8 Å². The minimum atomic E-state index is 0.851. The Morgan fingerprint density at radius 2 is 1.79 bits per heavy atom. The van der Waals surface area contributed by atoms with E-state index >= 15 is 0 Å². The van der Waals surface area contributed by atoms with Crippen LogP contribution in [0.5, 0.6) is 0 Å². The Labute approximate surface area is 95.5 Å². The minimum Gasteiger partial charge on any atom is -0.316 e. The third-order valence-corrected chi connectivity index (χ3v) is 2.90. The van der Waals surface area contributed by atoms with Gasteiger partial charge in [-0.1, -0.05) is 33.1 Å². The maximum absolute atomic E-state index is 4.32. The van der Waals surface area contributed by atoms with Gasteiger partial charge in [0.2, 0.25) is 0 Å². The van der Waals surface area contributed by atoms with Crippen molar-refractivity contribution in [1.29, 1.82) is 0 Å². The summed E-state index contributed by atoms with van der Waals surface area (Å²) in [5.41, 5.74) is 0. The van der Waals surface area contributed by atoms with Crippen molar-refractivity contribution in [2.45, 2.75) is 52.4 Å². The fraction of sp³-hybridized carbons (Fsp3) is 1.00. The molecular weight excluding hydrogens is 190 g/mol. The molecule has 1 nitrogen and oxygen atoms in total. The van der Waals surface area contributed by atoms with Gasteiger partial charge in [0.25, 0.3) is 0 Å². The molecule has 0 aromatic heterocycles. The summed E-state index contributed by atoms with van der Waals surface area (Å²) in [5, 5.41) is 3.55. The van der Waals surface area contributed by atoms with E-state index in [2.05, 4.69) is 31.8 Å². The van der Waals surface area contributed by atoms with Crippen molar-refractivity contribution in [3.05, 3.63) is 0 Å². The number of hydrogen-bond acceptors (Lipinski definition) is 2. The first-order valence-corrected chi connectivity index (χ1v) is 6.79. The van der Waals surface area contributed by atoms with E-state index in [1.807, 2.05) is 0 Å². The zero-order valence-corrected chi connectivity index (χ0v) is 10.8. The molecule has 86 valence electrons. The highest BCUT2D eigenvalue weighted by Gasteiger charge is 2.06. The third kappa shape index (κ3) is 8.89. The van der Waals surface area contributed by atoms with Gasteiger partial charge in [0.1, 0.15) is 0 Å². The number of unbranched alkanes of at least 4 members (excludes halogenated alkanes) is 2. The molecule has 14 heavy (non-hydrogen) atoms. The summed E-state index contributed by atoms with van der Waals surface area (Å²) >= 11 is 4.32. The summed E-state index contributed by atoms with van der Waals surface area (Å²) in [5.74, 6) is 1.88. The van der Waals surface area contributed by atoms with Crippen LogP contribution >= 0.6 is 12.6 Å². The first kappa shape index (κ1) is 14.3. The van der Waals surface area contributed by atoms with Crippen molar-refractivity contribution in [3.63, 3.8) is 0 Å². The van der Waals surface area contributed by atoms with Gasteiger partial charge in [0, 0.05) is 0 Å². The van der Waals surface area contributed by atoms with Crippen molar-refractivity contribution in [2.24, 2.45) is 5.92 Å². The highest BCUT2D eigenvalue weighted by molar-refractivity contribution is 7.80. The van der Waals surface area contributed by atoms with Crippen molar-refractivity contribution in [3.8, 4) is 0 Å². The van der Waals surface area contributed by atoms with Crippen LogP contribution in [0.1, 0.15) is 52.4 Å². The Bertz CT molecular complexity index is 106. The van der Waals surface area contributed by atoms with Gasteiger partial charge in [0.15, 0.2) is 0 Å². The van der Waals surface area contributed by atoms with E-state index in [1.165, 1.54) is 51.6 Å². The number of rotatable bonds is 10. The first-order valence-electron chi connectivity index (χ1n) is 6.16. The lowest BCUT2D eigenvalue weighted by Crippen LogP contribution is -2.24. The maximum Gasteiger partial charge on any atom is -0.00202 e. The van der Waals surface area contributed by atoms with Crippen molar-refractivity contribution >= 4 is 12.6 Å². The van der Waals surface area contributed by atoms with Gasteiger partial charge in [-0.05, 0) is 44.0 Å². The Balaban J connectivity index is 3.40. The predicted molar refractivity (Wildman–Crippen MR) is 69.3 cm³/mol. The molecule has 0 rings (SSSR count). The van der Waals surface area contributed by atoms with Crippen LogP contribution in [-0.4, -0.2) is 18.8 Å². The minimum absolute atomic E-state index is 0.851. The summed E-state index contributed by atoms with van der Waals surface area (Å²) in [6, 6.07) is 0. The molecule has 0 saturated heterocycles. The molecule has 0 saturated carbocycles. The SMILES string of the molecule is CCCCNCC(CCS)CCCC. The molecule has 0 amide bonds. The first-order chi connectivity index (χ1) is 6.85. The normalized spacial score (nSPS) is 13.1. The molecule has 2 heteroatoms. The number of nitrogens with one attached hydrogen (secondary N) is 1. The van der Waals surface area contributed by atoms with Crippen LogP contribution in [0, 0.1) is 5.92 Å². The Hall–Kier alpha value is 0.310. The average Bonchev–Trinajstić information content (AvgIpc) is 2.20. The van der Waals surface area contributed by atoms with E-state index in [9.17, 15) is 0 Å². The molecule has 0 radical (unpaired) electrons. The highest BCUT2D eigenvalue weighted by atomic mass is 32.1. The van der Waals surface area contributed by atoms with Crippen LogP contribution in [0.15, 0.2) is 0 Å². The molecule has 0 aliphatic carbocycles. The van der Waals surface area contributed by atoms with E-state index in [1.54, 1.807) is 0 Å². The fourth-order valence-electron chi connectivity index (χ4n) is 1.63. The second-order valence-electron chi connectivity index (χ2n) is 4.08. The van der Waals surface area contributed by atoms with Gasteiger partial charge in [-0.2, -0.15) is 12.6 Å². The topological polar surface area (TPSA) is 12.0 Å². The molecule has 0 spiro atoms. The number of thiol groups is 1. The van der Waals surface area contributed by atoms with Gasteiger partial charge in [0.05, 0.1) is 0 Å². The van der Waals surface area contributed by atoms with E-state index in [4.69, 9.17) is 0 Å². The molecule has 0 bridgehead atoms. The van der Waals surface area contributed by atoms with E-state index in [0.717, 1.165) is 11.7 Å². The third-order valence-electron chi connectivity index (χ3n) is 2.64. The van der Waals surface area contributed by atoms with Gasteiger partial charge in [-0.3, -0.25) is 0 Å².